The minimum absolute atomic E-state index is 0.00190. The van der Waals surface area contributed by atoms with Crippen LogP contribution in [-0.2, 0) is 34.9 Å². The van der Waals surface area contributed by atoms with Crippen molar-refractivity contribution in [2.45, 2.75) is 81.0 Å². The van der Waals surface area contributed by atoms with Gasteiger partial charge in [-0.1, -0.05) is 12.1 Å². The Morgan fingerprint density at radius 3 is 2.57 bits per heavy atom. The van der Waals surface area contributed by atoms with E-state index in [9.17, 15) is 29.7 Å². The van der Waals surface area contributed by atoms with Crippen LogP contribution in [0.5, 0.6) is 17.2 Å². The number of fused-ring (bicyclic) bond motifs is 7. The first-order chi connectivity index (χ1) is 24.5. The molecule has 1 amide bonds. The maximum absolute atomic E-state index is 14.1. The number of carbonyl (C=O) groups excluding carboxylic acids is 3. The molecular weight excluding hydrogens is 666 g/mol. The molecule has 1 saturated carbocycles. The number of rotatable bonds is 6. The monoisotopic (exact) mass is 707 g/mol. The number of hydrogen-bond donors (Lipinski definition) is 5. The maximum atomic E-state index is 14.1. The average molecular weight is 708 g/mol. The Kier molecular flexibility index (Phi) is 7.76. The van der Waals surface area contributed by atoms with Gasteiger partial charge in [0.15, 0.2) is 24.6 Å². The van der Waals surface area contributed by atoms with Crippen molar-refractivity contribution in [1.82, 2.24) is 15.5 Å². The van der Waals surface area contributed by atoms with Crippen molar-refractivity contribution in [2.75, 3.05) is 40.5 Å². The van der Waals surface area contributed by atoms with Crippen LogP contribution in [0.1, 0.15) is 68.8 Å². The molecule has 4 aliphatic heterocycles. The third-order valence-electron chi connectivity index (χ3n) is 12.0. The van der Waals surface area contributed by atoms with E-state index in [0.29, 0.717) is 19.6 Å². The van der Waals surface area contributed by atoms with E-state index in [1.807, 2.05) is 6.92 Å². The zero-order chi connectivity index (χ0) is 35.5. The minimum Gasteiger partial charge on any atom is -0.507 e. The summed E-state index contributed by atoms with van der Waals surface area (Å²) in [4.78, 5) is 44.1. The molecular formula is C36H41N3O12. The third-order valence-corrected chi connectivity index (χ3v) is 12.0. The van der Waals surface area contributed by atoms with Crippen LogP contribution in [0.15, 0.2) is 18.2 Å². The molecule has 1 unspecified atom stereocenters. The number of phenolic OH excluding ortho intramolecular Hbond substituents is 2. The molecule has 5 fully saturated rings. The largest absolute Gasteiger partial charge is 0.507 e. The fourth-order valence-corrected chi connectivity index (χ4v) is 9.42. The number of ether oxygens (including phenoxy) is 6. The number of carbonyl (C=O) groups is 3. The number of hydrogen-bond acceptors (Lipinski definition) is 14. The first-order valence-electron chi connectivity index (χ1n) is 17.5. The summed E-state index contributed by atoms with van der Waals surface area (Å²) < 4.78 is 35.9. The molecule has 0 bridgehead atoms. The minimum atomic E-state index is -2.09. The summed E-state index contributed by atoms with van der Waals surface area (Å²) in [5.41, 5.74) is -2.95. The van der Waals surface area contributed by atoms with Crippen molar-refractivity contribution in [3.63, 3.8) is 0 Å². The smallest absolute Gasteiger partial charge is 0.252 e. The van der Waals surface area contributed by atoms with E-state index in [4.69, 9.17) is 28.4 Å². The molecule has 4 heterocycles. The first kappa shape index (κ1) is 33.2. The average Bonchev–Trinajstić information content (AvgIpc) is 3.41. The number of nitrogens with zero attached hydrogens (tertiary/aromatic N) is 1. The van der Waals surface area contributed by atoms with Crippen molar-refractivity contribution < 1.29 is 58.1 Å². The topological polar surface area (TPSA) is 195 Å². The number of amides is 1. The highest BCUT2D eigenvalue weighted by Gasteiger charge is 2.58. The zero-order valence-corrected chi connectivity index (χ0v) is 28.4. The van der Waals surface area contributed by atoms with Gasteiger partial charge in [-0.15, -0.1) is 0 Å². The Balaban J connectivity index is 1.10. The molecule has 3 aliphatic carbocycles. The van der Waals surface area contributed by atoms with Crippen molar-refractivity contribution >= 4 is 17.5 Å². The first-order valence-corrected chi connectivity index (χ1v) is 17.5. The lowest BCUT2D eigenvalue weighted by Crippen LogP contribution is -2.55. The highest BCUT2D eigenvalue weighted by Crippen LogP contribution is 2.53. The predicted molar refractivity (Wildman–Crippen MR) is 173 cm³/mol. The molecule has 7 aliphatic rings. The number of aliphatic hydroxyl groups is 1. The number of piperidine rings is 1. The van der Waals surface area contributed by atoms with Gasteiger partial charge in [0.1, 0.15) is 29.0 Å². The van der Waals surface area contributed by atoms with E-state index >= 15 is 0 Å². The number of morpholine rings is 1. The molecule has 11 atom stereocenters. The van der Waals surface area contributed by atoms with Gasteiger partial charge in [0, 0.05) is 74.8 Å². The Bertz CT molecular complexity index is 1830. The zero-order valence-electron chi connectivity index (χ0n) is 28.4. The second kappa shape index (κ2) is 11.9. The summed E-state index contributed by atoms with van der Waals surface area (Å²) in [6, 6.07) is 4.29. The fourth-order valence-electron chi connectivity index (χ4n) is 9.42. The lowest BCUT2D eigenvalue weighted by atomic mass is 9.72. The van der Waals surface area contributed by atoms with Crippen molar-refractivity contribution in [1.29, 1.82) is 0 Å². The molecule has 51 heavy (non-hydrogen) atoms. The van der Waals surface area contributed by atoms with Gasteiger partial charge in [-0.2, -0.15) is 0 Å². The van der Waals surface area contributed by atoms with Crippen molar-refractivity contribution in [2.24, 2.45) is 11.8 Å². The quantitative estimate of drug-likeness (QED) is 0.222. The molecule has 0 aromatic heterocycles. The van der Waals surface area contributed by atoms with Crippen LogP contribution in [0.2, 0.25) is 0 Å². The molecule has 9 rings (SSSR count). The van der Waals surface area contributed by atoms with Crippen LogP contribution >= 0.6 is 0 Å². The number of nitrogens with one attached hydrogen (secondary N) is 2. The Labute approximate surface area is 293 Å². The van der Waals surface area contributed by atoms with Gasteiger partial charge in [-0.3, -0.25) is 19.3 Å². The van der Waals surface area contributed by atoms with E-state index in [2.05, 4.69) is 15.5 Å². The molecule has 0 spiro atoms. The number of aromatic hydroxyl groups is 2. The molecule has 2 aromatic rings. The number of methoxy groups -OCH3 is 2. The van der Waals surface area contributed by atoms with Crippen LogP contribution in [0.3, 0.4) is 0 Å². The molecule has 272 valence electrons. The fraction of sp³-hybridized carbons (Fsp3) is 0.583. The van der Waals surface area contributed by atoms with Gasteiger partial charge in [0.2, 0.25) is 5.78 Å². The number of phenols is 2. The van der Waals surface area contributed by atoms with Crippen LogP contribution in [0.4, 0.5) is 0 Å². The summed E-state index contributed by atoms with van der Waals surface area (Å²) in [6.07, 6.45) is -4.33. The Morgan fingerprint density at radius 1 is 1.06 bits per heavy atom. The van der Waals surface area contributed by atoms with Gasteiger partial charge in [-0.25, -0.2) is 0 Å². The van der Waals surface area contributed by atoms with Gasteiger partial charge in [0.25, 0.3) is 5.91 Å². The van der Waals surface area contributed by atoms with Crippen LogP contribution in [0.25, 0.3) is 0 Å². The standard InChI is InChI=1S/C36H41N3O12/c1-14-32-19(39-7-8-48-34(47-3)33(39)51-32)9-22(49-14)50-21-11-36(45,35(44)38-27-17-12-37-13-18(17)27)10-16-24(21)31(43)26-25(29(16)41)28(40)15-5-4-6-20(46-2)23(15)30(26)42/h4-6,14,17-19,21-22,27,32-34,37,41,43,45H,7-13H2,1-3H3,(H,38,44)/t14-,17-,18+,19-,21-,22-,27?,32+,33+,34-,36-/m0/s1. The highest BCUT2D eigenvalue weighted by atomic mass is 16.7. The number of benzene rings is 2. The molecule has 15 heteroatoms. The highest BCUT2D eigenvalue weighted by molar-refractivity contribution is 6.31. The van der Waals surface area contributed by atoms with Crippen LogP contribution < -0.4 is 15.4 Å². The summed E-state index contributed by atoms with van der Waals surface area (Å²) in [5.74, 6) is -2.53. The van der Waals surface area contributed by atoms with E-state index in [1.54, 1.807) is 13.2 Å². The normalized spacial score (nSPS) is 37.8. The summed E-state index contributed by atoms with van der Waals surface area (Å²) in [5, 5.41) is 42.2. The van der Waals surface area contributed by atoms with Crippen molar-refractivity contribution in [3.8, 4) is 17.2 Å². The van der Waals surface area contributed by atoms with Gasteiger partial charge in [0.05, 0.1) is 42.6 Å². The van der Waals surface area contributed by atoms with E-state index < -0.39 is 77.6 Å². The Morgan fingerprint density at radius 2 is 1.82 bits per heavy atom. The van der Waals surface area contributed by atoms with Gasteiger partial charge >= 0.3 is 0 Å². The van der Waals surface area contributed by atoms with E-state index in [-0.39, 0.29) is 70.0 Å². The van der Waals surface area contributed by atoms with E-state index in [1.165, 1.54) is 19.2 Å². The summed E-state index contributed by atoms with van der Waals surface area (Å²) >= 11 is 0. The van der Waals surface area contributed by atoms with Gasteiger partial charge < -0.3 is 54.4 Å². The second-order valence-electron chi connectivity index (χ2n) is 14.7. The molecule has 2 aromatic carbocycles. The van der Waals surface area contributed by atoms with Gasteiger partial charge in [-0.05, 0) is 24.8 Å². The van der Waals surface area contributed by atoms with Crippen LogP contribution in [0, 0.1) is 11.8 Å². The SMILES string of the molecule is COc1cccc2c1C(=O)c1c(O)c3c(c(O)c1C2=O)C[C@@](O)(C(=O)NC1[C@H]2CNC[C@@H]12)C[C@@H]3O[C@H]1C[C@H]2[C@H](O[C@@H]3[C@@H](OC)OCCN32)[C@H](C)O1. The lowest BCUT2D eigenvalue weighted by molar-refractivity contribution is -0.256. The Hall–Kier alpha value is -3.67. The molecule has 15 nitrogen and oxygen atoms in total. The third kappa shape index (κ3) is 4.90. The predicted octanol–water partition coefficient (Wildman–Crippen LogP) is 0.484. The summed E-state index contributed by atoms with van der Waals surface area (Å²) in [6.45, 7) is 4.44. The molecule has 4 saturated heterocycles. The summed E-state index contributed by atoms with van der Waals surface area (Å²) in [7, 11) is 2.93. The molecule has 0 radical (unpaired) electrons. The lowest BCUT2D eigenvalue weighted by Gasteiger charge is -2.43. The second-order valence-corrected chi connectivity index (χ2v) is 14.7. The molecule has 5 N–H and O–H groups in total. The van der Waals surface area contributed by atoms with Crippen LogP contribution in [-0.4, -0.2) is 127 Å². The number of ketones is 2. The van der Waals surface area contributed by atoms with E-state index in [0.717, 1.165) is 13.1 Å². The maximum Gasteiger partial charge on any atom is 0.252 e. The van der Waals surface area contributed by atoms with Crippen molar-refractivity contribution in [3.05, 3.63) is 51.6 Å².